The van der Waals surface area contributed by atoms with Crippen molar-refractivity contribution in [2.24, 2.45) is 0 Å². The molecule has 3 heterocycles. The second-order valence-corrected chi connectivity index (χ2v) is 8.26. The number of nitrogens with one attached hydrogen (secondary N) is 1. The molecule has 4 aromatic rings. The number of aromatic nitrogens is 3. The predicted octanol–water partition coefficient (Wildman–Crippen LogP) is 4.90. The van der Waals surface area contributed by atoms with Crippen LogP contribution in [0, 0.1) is 0 Å². The molecule has 1 spiro atoms. The van der Waals surface area contributed by atoms with Crippen LogP contribution in [0.4, 0.5) is 11.6 Å². The van der Waals surface area contributed by atoms with Crippen molar-refractivity contribution in [3.63, 3.8) is 0 Å². The van der Waals surface area contributed by atoms with E-state index < -0.39 is 11.6 Å². The monoisotopic (exact) mass is 494 g/mol. The minimum atomic E-state index is -1.39. The van der Waals surface area contributed by atoms with Crippen LogP contribution in [0.25, 0.3) is 0 Å². The summed E-state index contributed by atoms with van der Waals surface area (Å²) >= 11 is 11.8. The van der Waals surface area contributed by atoms with E-state index in [9.17, 15) is 15.0 Å². The number of hydrogen-bond acceptors (Lipinski definition) is 9. The Bertz CT molecular complexity index is 1460. The van der Waals surface area contributed by atoms with Gasteiger partial charge in [0.15, 0.2) is 5.60 Å². The molecule has 2 aliphatic heterocycles. The largest absolute Gasteiger partial charge is 0.508 e. The van der Waals surface area contributed by atoms with Gasteiger partial charge >= 0.3 is 5.97 Å². The molecule has 34 heavy (non-hydrogen) atoms. The summed E-state index contributed by atoms with van der Waals surface area (Å²) in [6.07, 6.45) is 0. The van der Waals surface area contributed by atoms with E-state index in [4.69, 9.17) is 32.7 Å². The quantitative estimate of drug-likeness (QED) is 0.333. The van der Waals surface area contributed by atoms with Crippen molar-refractivity contribution >= 4 is 40.8 Å². The molecule has 2 aliphatic rings. The third-order valence-electron chi connectivity index (χ3n) is 5.63. The third-order valence-corrected chi connectivity index (χ3v) is 5.97. The highest BCUT2D eigenvalue weighted by atomic mass is 35.5. The van der Waals surface area contributed by atoms with Crippen molar-refractivity contribution < 1.29 is 24.5 Å². The van der Waals surface area contributed by atoms with Crippen LogP contribution in [-0.2, 0) is 10.3 Å². The van der Waals surface area contributed by atoms with Crippen molar-refractivity contribution in [2.45, 2.75) is 5.60 Å². The molecule has 0 radical (unpaired) electrons. The SMILES string of the molecule is O=C1OC2(c3ccc(O)cc3Oc3cc(O)ccc32)c2cccc(Nc3nc(Cl)nc(Cl)n3)c21. The standard InChI is InChI=1S/C23H12Cl2N4O5/c24-20-27-21(25)29-22(28-20)26-15-3-1-2-14-18(15)19(32)34-23(14)12-6-4-10(30)8-16(12)33-17-9-11(31)5-7-13(17)23/h1-9,30-31H,(H,26,27,28,29). The van der Waals surface area contributed by atoms with Gasteiger partial charge in [-0.1, -0.05) is 12.1 Å². The Morgan fingerprint density at radius 1 is 0.824 bits per heavy atom. The summed E-state index contributed by atoms with van der Waals surface area (Å²) in [7, 11) is 0. The molecule has 0 saturated carbocycles. The second kappa shape index (κ2) is 7.21. The van der Waals surface area contributed by atoms with Gasteiger partial charge in [-0.25, -0.2) is 4.79 Å². The van der Waals surface area contributed by atoms with Gasteiger partial charge in [0.25, 0.3) is 0 Å². The number of anilines is 2. The maximum Gasteiger partial charge on any atom is 0.342 e. The first-order valence-electron chi connectivity index (χ1n) is 9.91. The first kappa shape index (κ1) is 20.5. The zero-order valence-electron chi connectivity index (χ0n) is 16.9. The van der Waals surface area contributed by atoms with Gasteiger partial charge < -0.3 is 25.0 Å². The fraction of sp³-hybridized carbons (Fsp3) is 0.0435. The van der Waals surface area contributed by atoms with E-state index in [1.165, 1.54) is 24.3 Å². The lowest BCUT2D eigenvalue weighted by Crippen LogP contribution is -2.32. The molecule has 11 heteroatoms. The van der Waals surface area contributed by atoms with Crippen LogP contribution in [0.5, 0.6) is 23.0 Å². The summed E-state index contributed by atoms with van der Waals surface area (Å²) in [4.78, 5) is 25.0. The lowest BCUT2D eigenvalue weighted by Gasteiger charge is -2.36. The van der Waals surface area contributed by atoms with Gasteiger partial charge in [-0.15, -0.1) is 0 Å². The Morgan fingerprint density at radius 2 is 1.44 bits per heavy atom. The lowest BCUT2D eigenvalue weighted by atomic mass is 9.77. The van der Waals surface area contributed by atoms with Crippen molar-refractivity contribution in [3.8, 4) is 23.0 Å². The van der Waals surface area contributed by atoms with Crippen LogP contribution in [0.1, 0.15) is 27.0 Å². The van der Waals surface area contributed by atoms with Gasteiger partial charge in [-0.2, -0.15) is 15.0 Å². The van der Waals surface area contributed by atoms with Crippen LogP contribution in [0.15, 0.2) is 54.6 Å². The van der Waals surface area contributed by atoms with E-state index in [1.54, 1.807) is 30.3 Å². The van der Waals surface area contributed by atoms with Gasteiger partial charge in [0.1, 0.15) is 23.0 Å². The number of hydrogen-bond donors (Lipinski definition) is 3. The molecule has 0 amide bonds. The maximum atomic E-state index is 13.3. The zero-order chi connectivity index (χ0) is 23.6. The van der Waals surface area contributed by atoms with Crippen molar-refractivity contribution in [1.82, 2.24) is 15.0 Å². The molecular formula is C23H12Cl2N4O5. The second-order valence-electron chi connectivity index (χ2n) is 7.58. The lowest BCUT2D eigenvalue weighted by molar-refractivity contribution is 0.0224. The Balaban J connectivity index is 1.59. The van der Waals surface area contributed by atoms with Crippen LogP contribution in [0.3, 0.4) is 0 Å². The first-order valence-corrected chi connectivity index (χ1v) is 10.7. The normalized spacial score (nSPS) is 14.6. The molecule has 0 aliphatic carbocycles. The number of phenolic OH excluding ortho intramolecular Hbond substituents is 2. The number of rotatable bonds is 2. The fourth-order valence-corrected chi connectivity index (χ4v) is 4.72. The van der Waals surface area contributed by atoms with E-state index in [0.29, 0.717) is 22.4 Å². The highest BCUT2D eigenvalue weighted by Gasteiger charge is 2.54. The van der Waals surface area contributed by atoms with E-state index in [1.807, 2.05) is 0 Å². The van der Waals surface area contributed by atoms with Gasteiger partial charge in [-0.3, -0.25) is 0 Å². The average molecular weight is 495 g/mol. The third kappa shape index (κ3) is 2.94. The molecule has 0 bridgehead atoms. The molecule has 0 atom stereocenters. The molecule has 0 unspecified atom stereocenters. The summed E-state index contributed by atoms with van der Waals surface area (Å²) in [5.41, 5.74) is 0.775. The molecule has 1 aromatic heterocycles. The topological polar surface area (TPSA) is 127 Å². The molecule has 3 aromatic carbocycles. The van der Waals surface area contributed by atoms with Gasteiger partial charge in [-0.05, 0) is 53.5 Å². The first-order chi connectivity index (χ1) is 16.3. The van der Waals surface area contributed by atoms with Gasteiger partial charge in [0.2, 0.25) is 16.5 Å². The summed E-state index contributed by atoms with van der Waals surface area (Å²) in [6, 6.07) is 14.3. The van der Waals surface area contributed by atoms with Crippen LogP contribution < -0.4 is 10.1 Å². The summed E-state index contributed by atoms with van der Waals surface area (Å²) in [5.74, 6) is -0.0394. The van der Waals surface area contributed by atoms with Crippen molar-refractivity contribution in [3.05, 3.63) is 87.4 Å². The van der Waals surface area contributed by atoms with E-state index in [2.05, 4.69) is 20.3 Å². The van der Waals surface area contributed by atoms with E-state index in [-0.39, 0.29) is 45.1 Å². The molecule has 0 fully saturated rings. The predicted molar refractivity (Wildman–Crippen MR) is 121 cm³/mol. The molecule has 6 rings (SSSR count). The number of carbonyl (C=O) groups excluding carboxylic acids is 1. The Kier molecular flexibility index (Phi) is 4.35. The number of benzene rings is 3. The molecular weight excluding hydrogens is 483 g/mol. The number of esters is 1. The zero-order valence-corrected chi connectivity index (χ0v) is 18.4. The fourth-order valence-electron chi connectivity index (χ4n) is 4.35. The van der Waals surface area contributed by atoms with Gasteiger partial charge in [0.05, 0.1) is 11.3 Å². The van der Waals surface area contributed by atoms with Gasteiger partial charge in [0, 0.05) is 28.8 Å². The number of aromatic hydroxyl groups is 2. The van der Waals surface area contributed by atoms with Crippen LogP contribution in [-0.4, -0.2) is 31.1 Å². The summed E-state index contributed by atoms with van der Waals surface area (Å²) < 4.78 is 12.0. The number of nitrogens with zero attached hydrogens (tertiary/aromatic N) is 3. The van der Waals surface area contributed by atoms with Crippen molar-refractivity contribution in [1.29, 1.82) is 0 Å². The Hall–Kier alpha value is -4.08. The minimum Gasteiger partial charge on any atom is -0.508 e. The highest BCUT2D eigenvalue weighted by molar-refractivity contribution is 6.31. The number of carbonyl (C=O) groups is 1. The van der Waals surface area contributed by atoms with Crippen LogP contribution >= 0.6 is 23.2 Å². The van der Waals surface area contributed by atoms with E-state index >= 15 is 0 Å². The molecule has 0 saturated heterocycles. The van der Waals surface area contributed by atoms with Crippen molar-refractivity contribution in [2.75, 3.05) is 5.32 Å². The summed E-state index contributed by atoms with van der Waals surface area (Å²) in [5, 5.41) is 22.8. The van der Waals surface area contributed by atoms with E-state index in [0.717, 1.165) is 0 Å². The minimum absolute atomic E-state index is 0.0268. The summed E-state index contributed by atoms with van der Waals surface area (Å²) in [6.45, 7) is 0. The smallest absolute Gasteiger partial charge is 0.342 e. The number of fused-ring (bicyclic) bond motifs is 6. The highest BCUT2D eigenvalue weighted by Crippen LogP contribution is 2.57. The Labute approximate surface area is 201 Å². The van der Waals surface area contributed by atoms with Crippen LogP contribution in [0.2, 0.25) is 10.6 Å². The molecule has 168 valence electrons. The average Bonchev–Trinajstić information content (AvgIpc) is 3.06. The Morgan fingerprint density at radius 3 is 2.06 bits per heavy atom. The molecule has 3 N–H and O–H groups in total. The maximum absolute atomic E-state index is 13.3. The molecule has 9 nitrogen and oxygen atoms in total. The number of phenols is 2. The number of halogens is 2. The number of ether oxygens (including phenoxy) is 2.